The Morgan fingerprint density at radius 2 is 1.31 bits per heavy atom. The number of fused-ring (bicyclic) bond motifs is 16. The summed E-state index contributed by atoms with van der Waals surface area (Å²) in [4.78, 5) is 3.84. The van der Waals surface area contributed by atoms with Gasteiger partial charge in [-0.15, -0.1) is 11.3 Å². The summed E-state index contributed by atoms with van der Waals surface area (Å²) in [6.07, 6.45) is 2.34. The minimum Gasteiger partial charge on any atom is -0.466 e. The number of hydrogen-bond donors (Lipinski definition) is 0. The minimum atomic E-state index is -0.182. The first-order chi connectivity index (χ1) is 26.7. The van der Waals surface area contributed by atoms with Gasteiger partial charge in [-0.1, -0.05) is 100 Å². The van der Waals surface area contributed by atoms with Crippen LogP contribution in [0.15, 0.2) is 118 Å². The van der Waals surface area contributed by atoms with Gasteiger partial charge in [-0.25, -0.2) is 0 Å². The lowest BCUT2D eigenvalue weighted by molar-refractivity contribution is 0.332. The van der Waals surface area contributed by atoms with Crippen LogP contribution in [0, 0.1) is 6.92 Å². The molecule has 10 aromatic rings. The van der Waals surface area contributed by atoms with E-state index in [4.69, 9.17) is 8.83 Å². The molecule has 0 radical (unpaired) electrons. The zero-order valence-corrected chi connectivity index (χ0v) is 32.3. The number of thiophene rings is 1. The van der Waals surface area contributed by atoms with Gasteiger partial charge in [0.1, 0.15) is 22.4 Å². The van der Waals surface area contributed by atoms with Crippen molar-refractivity contribution in [3.63, 3.8) is 0 Å². The molecule has 4 nitrogen and oxygen atoms in total. The predicted octanol–water partition coefficient (Wildman–Crippen LogP) is 12.7. The molecule has 0 unspecified atom stereocenters. The minimum absolute atomic E-state index is 0.0531. The van der Waals surface area contributed by atoms with Gasteiger partial charge in [0.05, 0.1) is 10.5 Å². The zero-order chi connectivity index (χ0) is 36.7. The topological polar surface area (TPSA) is 34.5 Å². The number of aryl methyl sites for hydroxylation is 1. The van der Waals surface area contributed by atoms with E-state index in [1.165, 1.54) is 82.0 Å². The van der Waals surface area contributed by atoms with Crippen molar-refractivity contribution < 1.29 is 8.83 Å². The van der Waals surface area contributed by atoms with Crippen molar-refractivity contribution in [1.29, 1.82) is 0 Å². The fourth-order valence-corrected chi connectivity index (χ4v) is 12.1. The maximum Gasteiger partial charge on any atom is 0.376 e. The van der Waals surface area contributed by atoms with Crippen molar-refractivity contribution in [2.75, 3.05) is 4.90 Å². The van der Waals surface area contributed by atoms with Crippen LogP contribution in [0.4, 0.5) is 17.1 Å². The third-order valence-electron chi connectivity index (χ3n) is 13.5. The Morgan fingerprint density at radius 1 is 0.636 bits per heavy atom. The van der Waals surface area contributed by atoms with Gasteiger partial charge in [0.25, 0.3) is 0 Å². The van der Waals surface area contributed by atoms with E-state index in [2.05, 4.69) is 153 Å². The molecular formula is C49H37BN2O2S. The summed E-state index contributed by atoms with van der Waals surface area (Å²) in [5.41, 5.74) is 16.6. The molecule has 0 N–H and O–H groups in total. The Hall–Kier alpha value is -5.72. The van der Waals surface area contributed by atoms with Crippen molar-refractivity contribution in [3.05, 3.63) is 126 Å². The zero-order valence-electron chi connectivity index (χ0n) is 31.5. The molecule has 0 spiro atoms. The van der Waals surface area contributed by atoms with Crippen molar-refractivity contribution in [2.45, 2.75) is 58.3 Å². The van der Waals surface area contributed by atoms with Crippen molar-refractivity contribution in [1.82, 2.24) is 4.48 Å². The molecule has 3 aliphatic rings. The lowest BCUT2D eigenvalue weighted by Crippen LogP contribution is -2.56. The number of anilines is 3. The number of hydrogen-bond acceptors (Lipinski definition) is 4. The van der Waals surface area contributed by atoms with Crippen LogP contribution >= 0.6 is 11.3 Å². The SMILES string of the molecule is Cc1cc2c(cc1N1c3cc4oc5ccccc5c4c4c3B(c3oc5ccccc5c31)n1c3sc5ccccc5c3c3cccc-4c31)C(C)(C)CCC2(C)C. The summed E-state index contributed by atoms with van der Waals surface area (Å²) in [5, 5.41) is 7.38. The normalized spacial score (nSPS) is 16.5. The van der Waals surface area contributed by atoms with Crippen molar-refractivity contribution in [2.24, 2.45) is 0 Å². The van der Waals surface area contributed by atoms with Crippen LogP contribution in [0.3, 0.4) is 0 Å². The van der Waals surface area contributed by atoms with Crippen molar-refractivity contribution in [3.8, 4) is 11.1 Å². The highest BCUT2D eigenvalue weighted by Gasteiger charge is 2.48. The molecular weight excluding hydrogens is 691 g/mol. The molecule has 0 fully saturated rings. The quantitative estimate of drug-likeness (QED) is 0.158. The van der Waals surface area contributed by atoms with E-state index in [1.54, 1.807) is 0 Å². The molecule has 0 bridgehead atoms. The summed E-state index contributed by atoms with van der Waals surface area (Å²) >= 11 is 1.90. The van der Waals surface area contributed by atoms with Crippen LogP contribution in [0.2, 0.25) is 0 Å². The van der Waals surface area contributed by atoms with E-state index >= 15 is 0 Å². The number of para-hydroxylation sites is 3. The van der Waals surface area contributed by atoms with E-state index < -0.39 is 0 Å². The number of rotatable bonds is 1. The van der Waals surface area contributed by atoms with Crippen LogP contribution in [0.5, 0.6) is 0 Å². The molecule has 6 heterocycles. The monoisotopic (exact) mass is 728 g/mol. The summed E-state index contributed by atoms with van der Waals surface area (Å²) in [6.45, 7) is 11.8. The van der Waals surface area contributed by atoms with E-state index in [1.807, 2.05) is 11.3 Å². The second-order valence-electron chi connectivity index (χ2n) is 17.5. The first-order valence-electron chi connectivity index (χ1n) is 19.6. The molecule has 0 amide bonds. The molecule has 0 saturated carbocycles. The molecule has 13 rings (SSSR count). The molecule has 6 aromatic carbocycles. The van der Waals surface area contributed by atoms with Crippen LogP contribution in [0.25, 0.3) is 75.2 Å². The number of nitrogens with zero attached hydrogens (tertiary/aromatic N) is 2. The lowest BCUT2D eigenvalue weighted by atomic mass is 9.47. The highest BCUT2D eigenvalue weighted by atomic mass is 32.1. The van der Waals surface area contributed by atoms with Gasteiger partial charge in [0, 0.05) is 65.5 Å². The first-order valence-corrected chi connectivity index (χ1v) is 20.4. The van der Waals surface area contributed by atoms with Gasteiger partial charge >= 0.3 is 6.85 Å². The summed E-state index contributed by atoms with van der Waals surface area (Å²) in [6, 6.07) is 40.4. The van der Waals surface area contributed by atoms with Gasteiger partial charge in [-0.3, -0.25) is 0 Å². The van der Waals surface area contributed by atoms with Crippen LogP contribution in [0.1, 0.15) is 57.2 Å². The third-order valence-corrected chi connectivity index (χ3v) is 14.7. The standard InChI is InChI=1S/C49H37BN2O2S/c1-26-23-32-33(49(4,5)22-21-48(32,2)3)24-34(26)51-35-25-38-41(27-13-6-9-18-36(27)53-38)42-31-17-12-16-30-40-29-15-8-11-20-39(29)55-47(40)52(44(30)31)50(43(35)42)46-45(51)28-14-7-10-19-37(28)54-46/h6-20,23-25H,21-22H2,1-5H3. The van der Waals surface area contributed by atoms with Crippen LogP contribution < -0.4 is 16.0 Å². The Morgan fingerprint density at radius 3 is 2.11 bits per heavy atom. The lowest BCUT2D eigenvalue weighted by Gasteiger charge is -2.44. The van der Waals surface area contributed by atoms with E-state index in [9.17, 15) is 0 Å². The third kappa shape index (κ3) is 3.65. The highest BCUT2D eigenvalue weighted by molar-refractivity contribution is 7.26. The molecule has 0 atom stereocenters. The Balaban J connectivity index is 1.25. The van der Waals surface area contributed by atoms with Gasteiger partial charge < -0.3 is 18.2 Å². The number of benzene rings is 6. The van der Waals surface area contributed by atoms with Gasteiger partial charge in [0.15, 0.2) is 0 Å². The second-order valence-corrected chi connectivity index (χ2v) is 18.5. The maximum absolute atomic E-state index is 7.26. The predicted molar refractivity (Wildman–Crippen MR) is 232 cm³/mol. The number of aromatic nitrogens is 1. The van der Waals surface area contributed by atoms with Crippen LogP contribution in [-0.2, 0) is 10.8 Å². The van der Waals surface area contributed by atoms with Gasteiger partial charge in [-0.2, -0.15) is 0 Å². The molecule has 264 valence electrons. The van der Waals surface area contributed by atoms with E-state index in [0.29, 0.717) is 0 Å². The summed E-state index contributed by atoms with van der Waals surface area (Å²) < 4.78 is 18.1. The fraction of sp³-hybridized carbons (Fsp3) is 0.184. The second kappa shape index (κ2) is 9.93. The molecule has 0 saturated heterocycles. The Bertz CT molecular complexity index is 3370. The molecule has 4 aromatic heterocycles. The average Bonchev–Trinajstić information content (AvgIpc) is 3.94. The maximum atomic E-state index is 7.26. The molecule has 55 heavy (non-hydrogen) atoms. The highest BCUT2D eigenvalue weighted by Crippen LogP contribution is 2.54. The molecule has 6 heteroatoms. The van der Waals surface area contributed by atoms with E-state index in [0.717, 1.165) is 51.0 Å². The van der Waals surface area contributed by atoms with Gasteiger partial charge in [0.2, 0.25) is 0 Å². The number of furan rings is 2. The van der Waals surface area contributed by atoms with Crippen molar-refractivity contribution >= 4 is 110 Å². The Kier molecular flexibility index (Phi) is 5.52. The molecule has 1 aliphatic carbocycles. The summed E-state index contributed by atoms with van der Waals surface area (Å²) in [7, 11) is 0. The summed E-state index contributed by atoms with van der Waals surface area (Å²) in [5.74, 6) is 0. The first kappa shape index (κ1) is 30.6. The largest absolute Gasteiger partial charge is 0.466 e. The smallest absolute Gasteiger partial charge is 0.376 e. The van der Waals surface area contributed by atoms with Gasteiger partial charge in [-0.05, 0) is 88.6 Å². The van der Waals surface area contributed by atoms with Crippen LogP contribution in [-0.4, -0.2) is 11.3 Å². The average molecular weight is 729 g/mol. The van der Waals surface area contributed by atoms with E-state index in [-0.39, 0.29) is 17.7 Å². The fourth-order valence-electron chi connectivity index (χ4n) is 10.8. The Labute approximate surface area is 322 Å². The molecule has 2 aliphatic heterocycles.